The van der Waals surface area contributed by atoms with E-state index < -0.39 is 6.04 Å². The van der Waals surface area contributed by atoms with Crippen LogP contribution in [-0.2, 0) is 20.7 Å². The van der Waals surface area contributed by atoms with E-state index in [1.165, 1.54) is 12.7 Å². The van der Waals surface area contributed by atoms with Crippen LogP contribution in [0.15, 0.2) is 24.3 Å². The van der Waals surface area contributed by atoms with E-state index in [0.717, 1.165) is 18.4 Å². The number of benzene rings is 1. The Morgan fingerprint density at radius 1 is 1.24 bits per heavy atom. The van der Waals surface area contributed by atoms with E-state index in [-0.39, 0.29) is 11.9 Å². The fraction of sp³-hybridized carbons (Fsp3) is 0.529. The number of amides is 1. The molecule has 0 aliphatic carbocycles. The Morgan fingerprint density at radius 2 is 1.95 bits per heavy atom. The fourth-order valence-electron chi connectivity index (χ4n) is 2.76. The maximum atomic E-state index is 12.4. The van der Waals surface area contributed by atoms with Crippen molar-refractivity contribution in [3.05, 3.63) is 35.4 Å². The van der Waals surface area contributed by atoms with Gasteiger partial charge in [0.25, 0.3) is 0 Å². The lowest BCUT2D eigenvalue weighted by Gasteiger charge is -2.33. The molecule has 0 radical (unpaired) electrons. The van der Waals surface area contributed by atoms with E-state index in [1.54, 1.807) is 4.90 Å². The maximum Gasteiger partial charge on any atom is 0.328 e. The Labute approximate surface area is 126 Å². The second kappa shape index (κ2) is 7.25. The molecule has 0 bridgehead atoms. The zero-order chi connectivity index (χ0) is 15.2. The summed E-state index contributed by atoms with van der Waals surface area (Å²) in [5.74, 6) is -0.246. The van der Waals surface area contributed by atoms with E-state index in [0.29, 0.717) is 25.8 Å². The smallest absolute Gasteiger partial charge is 0.328 e. The number of carbonyl (C=O) groups excluding carboxylic acids is 2. The summed E-state index contributed by atoms with van der Waals surface area (Å²) in [6.07, 6.45) is 3.80. The van der Waals surface area contributed by atoms with Gasteiger partial charge >= 0.3 is 5.97 Å². The third-order valence-electron chi connectivity index (χ3n) is 4.04. The summed E-state index contributed by atoms with van der Waals surface area (Å²) in [5, 5.41) is 0. The van der Waals surface area contributed by atoms with Crippen LogP contribution < -0.4 is 0 Å². The van der Waals surface area contributed by atoms with Crippen molar-refractivity contribution in [2.75, 3.05) is 13.7 Å². The first-order valence-electron chi connectivity index (χ1n) is 7.54. The molecule has 1 aromatic carbocycles. The number of rotatable bonds is 4. The van der Waals surface area contributed by atoms with Gasteiger partial charge in [0.05, 0.1) is 7.11 Å². The second-order valence-electron chi connectivity index (χ2n) is 5.61. The van der Waals surface area contributed by atoms with Crippen LogP contribution in [0.1, 0.15) is 36.8 Å². The summed E-state index contributed by atoms with van der Waals surface area (Å²) in [7, 11) is 1.38. The first kappa shape index (κ1) is 15.5. The average Bonchev–Trinajstić information content (AvgIpc) is 2.53. The first-order valence-corrected chi connectivity index (χ1v) is 7.54. The highest BCUT2D eigenvalue weighted by atomic mass is 16.5. The summed E-state index contributed by atoms with van der Waals surface area (Å²) in [6, 6.07) is 7.82. The molecule has 1 heterocycles. The molecule has 0 N–H and O–H groups in total. The van der Waals surface area contributed by atoms with Gasteiger partial charge in [0.1, 0.15) is 6.04 Å². The Morgan fingerprint density at radius 3 is 2.62 bits per heavy atom. The molecule has 1 fully saturated rings. The van der Waals surface area contributed by atoms with Crippen molar-refractivity contribution in [2.45, 2.75) is 45.1 Å². The summed E-state index contributed by atoms with van der Waals surface area (Å²) < 4.78 is 4.81. The number of hydrogen-bond acceptors (Lipinski definition) is 3. The van der Waals surface area contributed by atoms with E-state index >= 15 is 0 Å². The predicted octanol–water partition coefficient (Wildman–Crippen LogP) is 2.48. The molecule has 0 unspecified atom stereocenters. The van der Waals surface area contributed by atoms with E-state index in [1.807, 2.05) is 6.92 Å². The number of hydrogen-bond donors (Lipinski definition) is 0. The number of esters is 1. The molecule has 1 atom stereocenters. The van der Waals surface area contributed by atoms with Gasteiger partial charge in [0, 0.05) is 13.0 Å². The van der Waals surface area contributed by atoms with Crippen molar-refractivity contribution >= 4 is 11.9 Å². The third kappa shape index (κ3) is 4.06. The quantitative estimate of drug-likeness (QED) is 0.800. The maximum absolute atomic E-state index is 12.4. The van der Waals surface area contributed by atoms with Crippen LogP contribution in [0.2, 0.25) is 0 Å². The second-order valence-corrected chi connectivity index (χ2v) is 5.61. The molecule has 2 rings (SSSR count). The van der Waals surface area contributed by atoms with Crippen molar-refractivity contribution in [1.29, 1.82) is 0 Å². The highest BCUT2D eigenvalue weighted by molar-refractivity contribution is 5.84. The molecule has 1 aromatic rings. The summed E-state index contributed by atoms with van der Waals surface area (Å²) in [5.41, 5.74) is 2.37. The topological polar surface area (TPSA) is 46.6 Å². The molecule has 4 nitrogen and oxygen atoms in total. The highest BCUT2D eigenvalue weighted by Gasteiger charge is 2.32. The van der Waals surface area contributed by atoms with Gasteiger partial charge < -0.3 is 9.64 Å². The van der Waals surface area contributed by atoms with Crippen LogP contribution in [0.4, 0.5) is 0 Å². The number of carbonyl (C=O) groups is 2. The standard InChI is InChI=1S/C17H23NO3/c1-13-6-8-14(9-7-13)10-11-16(19)18-12-4-3-5-15(18)17(20)21-2/h6-9,15H,3-5,10-12H2,1-2H3/t15-/m1/s1. The van der Waals surface area contributed by atoms with Gasteiger partial charge in [-0.2, -0.15) is 0 Å². The number of aryl methyl sites for hydroxylation is 2. The number of piperidine rings is 1. The van der Waals surface area contributed by atoms with Crippen LogP contribution in [-0.4, -0.2) is 36.5 Å². The minimum absolute atomic E-state index is 0.0469. The Kier molecular flexibility index (Phi) is 5.37. The van der Waals surface area contributed by atoms with Crippen molar-refractivity contribution in [1.82, 2.24) is 4.90 Å². The van der Waals surface area contributed by atoms with Crippen molar-refractivity contribution in [3.63, 3.8) is 0 Å². The highest BCUT2D eigenvalue weighted by Crippen LogP contribution is 2.19. The summed E-state index contributed by atoms with van der Waals surface area (Å²) in [6.45, 7) is 2.70. The molecule has 1 saturated heterocycles. The predicted molar refractivity (Wildman–Crippen MR) is 80.9 cm³/mol. The van der Waals surface area contributed by atoms with E-state index in [4.69, 9.17) is 4.74 Å². The van der Waals surface area contributed by atoms with Crippen molar-refractivity contribution in [2.24, 2.45) is 0 Å². The van der Waals surface area contributed by atoms with Gasteiger partial charge in [-0.15, -0.1) is 0 Å². The molecule has 1 aliphatic rings. The normalized spacial score (nSPS) is 18.4. The molecule has 0 saturated carbocycles. The molecule has 4 heteroatoms. The van der Waals surface area contributed by atoms with Crippen LogP contribution in [0.25, 0.3) is 0 Å². The number of methoxy groups -OCH3 is 1. The van der Waals surface area contributed by atoms with Gasteiger partial charge in [-0.3, -0.25) is 4.79 Å². The van der Waals surface area contributed by atoms with Gasteiger partial charge in [0.2, 0.25) is 5.91 Å². The molecule has 1 amide bonds. The Bertz CT molecular complexity index is 495. The van der Waals surface area contributed by atoms with Gasteiger partial charge in [-0.05, 0) is 38.2 Å². The Balaban J connectivity index is 1.94. The molecular formula is C17H23NO3. The third-order valence-corrected chi connectivity index (χ3v) is 4.04. The lowest BCUT2D eigenvalue weighted by atomic mass is 10.0. The minimum Gasteiger partial charge on any atom is -0.467 e. The minimum atomic E-state index is -0.394. The Hall–Kier alpha value is -1.84. The average molecular weight is 289 g/mol. The first-order chi connectivity index (χ1) is 10.1. The van der Waals surface area contributed by atoms with E-state index in [9.17, 15) is 9.59 Å². The number of likely N-dealkylation sites (tertiary alicyclic amines) is 1. The summed E-state index contributed by atoms with van der Waals surface area (Å²) in [4.78, 5) is 25.9. The van der Waals surface area contributed by atoms with Crippen LogP contribution in [0.5, 0.6) is 0 Å². The fourth-order valence-corrected chi connectivity index (χ4v) is 2.76. The number of nitrogens with zero attached hydrogens (tertiary/aromatic N) is 1. The van der Waals surface area contributed by atoms with Gasteiger partial charge in [-0.1, -0.05) is 29.8 Å². The largest absolute Gasteiger partial charge is 0.467 e. The van der Waals surface area contributed by atoms with Gasteiger partial charge in [-0.25, -0.2) is 4.79 Å². The van der Waals surface area contributed by atoms with Crippen LogP contribution >= 0.6 is 0 Å². The SMILES string of the molecule is COC(=O)[C@H]1CCCCN1C(=O)CCc1ccc(C)cc1. The summed E-state index contributed by atoms with van der Waals surface area (Å²) >= 11 is 0. The van der Waals surface area contributed by atoms with Crippen LogP contribution in [0.3, 0.4) is 0 Å². The molecule has 114 valence electrons. The van der Waals surface area contributed by atoms with E-state index in [2.05, 4.69) is 24.3 Å². The van der Waals surface area contributed by atoms with Gasteiger partial charge in [0.15, 0.2) is 0 Å². The molecule has 0 aromatic heterocycles. The van der Waals surface area contributed by atoms with Crippen molar-refractivity contribution < 1.29 is 14.3 Å². The monoisotopic (exact) mass is 289 g/mol. The molecular weight excluding hydrogens is 266 g/mol. The van der Waals surface area contributed by atoms with Crippen molar-refractivity contribution in [3.8, 4) is 0 Å². The molecule has 21 heavy (non-hydrogen) atoms. The molecule has 0 spiro atoms. The number of ether oxygens (including phenoxy) is 1. The zero-order valence-electron chi connectivity index (χ0n) is 12.8. The lowest BCUT2D eigenvalue weighted by Crippen LogP contribution is -2.48. The zero-order valence-corrected chi connectivity index (χ0v) is 12.8. The molecule has 1 aliphatic heterocycles. The van der Waals surface area contributed by atoms with Crippen LogP contribution in [0, 0.1) is 6.92 Å². The lowest BCUT2D eigenvalue weighted by molar-refractivity contribution is -0.154.